The van der Waals surface area contributed by atoms with Crippen LogP contribution >= 0.6 is 39.3 Å². The van der Waals surface area contributed by atoms with Gasteiger partial charge in [0, 0.05) is 15.1 Å². The predicted molar refractivity (Wildman–Crippen MR) is 87.3 cm³/mol. The Hall–Kier alpha value is -0.710. The van der Waals surface area contributed by atoms with Gasteiger partial charge in [0.1, 0.15) is 5.82 Å². The van der Waals surface area contributed by atoms with Gasteiger partial charge in [-0.25, -0.2) is 4.39 Å². The minimum Gasteiger partial charge on any atom is -0.377 e. The predicted octanol–water partition coefficient (Wildman–Crippen LogP) is 5.89. The van der Waals surface area contributed by atoms with Crippen molar-refractivity contribution < 1.29 is 4.39 Å². The van der Waals surface area contributed by atoms with Gasteiger partial charge in [-0.2, -0.15) is 0 Å². The van der Waals surface area contributed by atoms with Gasteiger partial charge in [0.05, 0.1) is 16.8 Å². The third kappa shape index (κ3) is 2.83. The first-order chi connectivity index (χ1) is 9.65. The molecule has 20 heavy (non-hydrogen) atoms. The molecule has 1 heterocycles. The van der Waals surface area contributed by atoms with Gasteiger partial charge in [-0.3, -0.25) is 0 Å². The first-order valence-electron chi connectivity index (χ1n) is 6.28. The van der Waals surface area contributed by atoms with Crippen molar-refractivity contribution in [3.63, 3.8) is 0 Å². The number of hydrogen-bond donors (Lipinski definition) is 1. The Labute approximate surface area is 135 Å². The number of fused-ring (bicyclic) bond motifs is 1. The summed E-state index contributed by atoms with van der Waals surface area (Å²) in [6, 6.07) is 11.0. The number of halogens is 3. The minimum atomic E-state index is -0.140. The van der Waals surface area contributed by atoms with Crippen LogP contribution < -0.4 is 5.32 Å². The molecule has 1 atom stereocenters. The largest absolute Gasteiger partial charge is 0.377 e. The van der Waals surface area contributed by atoms with Gasteiger partial charge in [-0.05, 0) is 36.2 Å². The summed E-state index contributed by atoms with van der Waals surface area (Å²) in [7, 11) is 0. The lowest BCUT2D eigenvalue weighted by Gasteiger charge is -2.27. The summed E-state index contributed by atoms with van der Waals surface area (Å²) in [4.78, 5) is 0.752. The van der Waals surface area contributed by atoms with Crippen molar-refractivity contribution in [1.82, 2.24) is 0 Å². The van der Waals surface area contributed by atoms with E-state index in [1.807, 2.05) is 24.3 Å². The average molecular weight is 373 g/mol. The van der Waals surface area contributed by atoms with E-state index < -0.39 is 0 Å². The molecule has 0 bridgehead atoms. The van der Waals surface area contributed by atoms with Crippen molar-refractivity contribution in [1.29, 1.82) is 0 Å². The van der Waals surface area contributed by atoms with E-state index in [0.717, 1.165) is 32.8 Å². The summed E-state index contributed by atoms with van der Waals surface area (Å²) in [6.07, 6.45) is 0.948. The Bertz CT molecular complexity index is 650. The second-order valence-electron chi connectivity index (χ2n) is 4.62. The van der Waals surface area contributed by atoms with Crippen LogP contribution in [0.4, 0.5) is 10.1 Å². The van der Waals surface area contributed by atoms with Crippen molar-refractivity contribution in [2.24, 2.45) is 0 Å². The lowest BCUT2D eigenvalue weighted by molar-refractivity contribution is 0.585. The lowest BCUT2D eigenvalue weighted by atomic mass is 10.0. The zero-order valence-corrected chi connectivity index (χ0v) is 13.7. The highest BCUT2D eigenvalue weighted by Gasteiger charge is 2.23. The Morgan fingerprint density at radius 2 is 2.15 bits per heavy atom. The third-order valence-corrected chi connectivity index (χ3v) is 5.27. The number of rotatable bonds is 2. The molecular weight excluding hydrogens is 361 g/mol. The van der Waals surface area contributed by atoms with Crippen LogP contribution in [0.25, 0.3) is 0 Å². The number of anilines is 1. The molecule has 0 aliphatic carbocycles. The fraction of sp³-hybridized carbons (Fsp3) is 0.200. The molecule has 5 heteroatoms. The standard InChI is InChI=1S/C15H12BrClFNS/c16-9-4-5-11(17)14(8-9)19-13-6-7-20-15-10(13)2-1-3-12(15)18/h1-5,8,13,19H,6-7H2. The van der Waals surface area contributed by atoms with E-state index in [4.69, 9.17) is 11.6 Å². The van der Waals surface area contributed by atoms with Crippen LogP contribution in [0.3, 0.4) is 0 Å². The molecule has 2 aromatic rings. The molecule has 0 amide bonds. The van der Waals surface area contributed by atoms with Crippen LogP contribution in [0.2, 0.25) is 5.02 Å². The molecule has 0 saturated heterocycles. The van der Waals surface area contributed by atoms with Gasteiger partial charge < -0.3 is 5.32 Å². The van der Waals surface area contributed by atoms with Crippen LogP contribution in [-0.4, -0.2) is 5.75 Å². The van der Waals surface area contributed by atoms with E-state index in [9.17, 15) is 4.39 Å². The van der Waals surface area contributed by atoms with Crippen molar-refractivity contribution >= 4 is 45.0 Å². The Kier molecular flexibility index (Phi) is 4.24. The lowest BCUT2D eigenvalue weighted by Crippen LogP contribution is -2.17. The molecule has 104 valence electrons. The summed E-state index contributed by atoms with van der Waals surface area (Å²) < 4.78 is 14.8. The third-order valence-electron chi connectivity index (χ3n) is 3.28. The molecule has 1 unspecified atom stereocenters. The van der Waals surface area contributed by atoms with Gasteiger partial charge in [0.2, 0.25) is 0 Å². The van der Waals surface area contributed by atoms with Gasteiger partial charge in [0.15, 0.2) is 0 Å². The first-order valence-corrected chi connectivity index (χ1v) is 8.43. The molecule has 0 fully saturated rings. The minimum absolute atomic E-state index is 0.0914. The second kappa shape index (κ2) is 5.96. The maximum atomic E-state index is 13.8. The quantitative estimate of drug-likeness (QED) is 0.705. The monoisotopic (exact) mass is 371 g/mol. The molecule has 0 saturated carbocycles. The van der Waals surface area contributed by atoms with Gasteiger partial charge >= 0.3 is 0 Å². The van der Waals surface area contributed by atoms with E-state index >= 15 is 0 Å². The average Bonchev–Trinajstić information content (AvgIpc) is 2.44. The van der Waals surface area contributed by atoms with Gasteiger partial charge in [0.25, 0.3) is 0 Å². The fourth-order valence-corrected chi connectivity index (χ4v) is 4.01. The van der Waals surface area contributed by atoms with E-state index in [0.29, 0.717) is 5.02 Å². The van der Waals surface area contributed by atoms with Crippen molar-refractivity contribution in [2.75, 3.05) is 11.1 Å². The van der Waals surface area contributed by atoms with Gasteiger partial charge in [-0.15, -0.1) is 11.8 Å². The fourth-order valence-electron chi connectivity index (χ4n) is 2.33. The molecule has 0 radical (unpaired) electrons. The maximum absolute atomic E-state index is 13.8. The molecule has 0 spiro atoms. The highest BCUT2D eigenvalue weighted by atomic mass is 79.9. The Morgan fingerprint density at radius 1 is 1.30 bits per heavy atom. The highest BCUT2D eigenvalue weighted by molar-refractivity contribution is 9.10. The first kappa shape index (κ1) is 14.2. The SMILES string of the molecule is Fc1cccc2c1SCCC2Nc1cc(Br)ccc1Cl. The maximum Gasteiger partial charge on any atom is 0.137 e. The van der Waals surface area contributed by atoms with E-state index in [-0.39, 0.29) is 11.9 Å². The van der Waals surface area contributed by atoms with Crippen molar-refractivity contribution in [2.45, 2.75) is 17.4 Å². The summed E-state index contributed by atoms with van der Waals surface area (Å²) in [6.45, 7) is 0. The molecule has 1 nitrogen and oxygen atoms in total. The van der Waals surface area contributed by atoms with E-state index in [1.165, 1.54) is 6.07 Å². The summed E-state index contributed by atoms with van der Waals surface area (Å²) in [5.74, 6) is 0.761. The van der Waals surface area contributed by atoms with Crippen LogP contribution in [0, 0.1) is 5.82 Å². The van der Waals surface area contributed by atoms with Crippen molar-refractivity contribution in [3.05, 3.63) is 57.3 Å². The van der Waals surface area contributed by atoms with Crippen LogP contribution in [-0.2, 0) is 0 Å². The topological polar surface area (TPSA) is 12.0 Å². The van der Waals surface area contributed by atoms with Gasteiger partial charge in [-0.1, -0.05) is 39.7 Å². The number of benzene rings is 2. The smallest absolute Gasteiger partial charge is 0.137 e. The zero-order chi connectivity index (χ0) is 14.1. The summed E-state index contributed by atoms with van der Waals surface area (Å²) >= 11 is 11.2. The van der Waals surface area contributed by atoms with E-state index in [2.05, 4.69) is 21.2 Å². The van der Waals surface area contributed by atoms with Crippen LogP contribution in [0.15, 0.2) is 45.8 Å². The Morgan fingerprint density at radius 3 is 3.00 bits per heavy atom. The van der Waals surface area contributed by atoms with E-state index in [1.54, 1.807) is 17.8 Å². The molecule has 1 aliphatic heterocycles. The molecular formula is C15H12BrClFNS. The second-order valence-corrected chi connectivity index (χ2v) is 7.04. The summed E-state index contributed by atoms with van der Waals surface area (Å²) in [5, 5.41) is 4.10. The normalized spacial score (nSPS) is 17.6. The molecule has 0 aromatic heterocycles. The van der Waals surface area contributed by atoms with Crippen LogP contribution in [0.5, 0.6) is 0 Å². The number of nitrogens with one attached hydrogen (secondary N) is 1. The molecule has 1 N–H and O–H groups in total. The Balaban J connectivity index is 1.94. The zero-order valence-electron chi connectivity index (χ0n) is 10.5. The number of thioether (sulfide) groups is 1. The van der Waals surface area contributed by atoms with Crippen molar-refractivity contribution in [3.8, 4) is 0 Å². The number of hydrogen-bond acceptors (Lipinski definition) is 2. The highest BCUT2D eigenvalue weighted by Crippen LogP contribution is 2.40. The molecule has 1 aliphatic rings. The molecule has 2 aromatic carbocycles. The molecule has 3 rings (SSSR count). The summed E-state index contributed by atoms with van der Waals surface area (Å²) in [5.41, 5.74) is 1.88. The van der Waals surface area contributed by atoms with Crippen LogP contribution in [0.1, 0.15) is 18.0 Å².